The molecule has 4 nitrogen and oxygen atoms in total. The van der Waals surface area contributed by atoms with Gasteiger partial charge in [-0.05, 0) is 17.0 Å². The van der Waals surface area contributed by atoms with Crippen molar-refractivity contribution in [3.8, 4) is 0 Å². The van der Waals surface area contributed by atoms with Crippen LogP contribution in [0.25, 0.3) is 0 Å². The smallest absolute Gasteiger partial charge is 0.218 e. The molecule has 1 aromatic carbocycles. The van der Waals surface area contributed by atoms with Crippen LogP contribution in [-0.2, 0) is 26.4 Å². The SMILES string of the molecule is COCCN(CC(C)C)S(=O)(=O)Cc1cccc(CCl)c1. The summed E-state index contributed by atoms with van der Waals surface area (Å²) in [5.41, 5.74) is 1.69. The zero-order valence-electron chi connectivity index (χ0n) is 12.9. The molecule has 0 bridgehead atoms. The summed E-state index contributed by atoms with van der Waals surface area (Å²) in [7, 11) is -1.78. The Balaban J connectivity index is 2.88. The third-order valence-corrected chi connectivity index (χ3v) is 5.13. The highest BCUT2D eigenvalue weighted by molar-refractivity contribution is 7.88. The average Bonchev–Trinajstić information content (AvgIpc) is 2.42. The molecule has 0 aliphatic heterocycles. The van der Waals surface area contributed by atoms with Crippen LogP contribution in [0.2, 0.25) is 0 Å². The number of alkyl halides is 1. The van der Waals surface area contributed by atoms with Crippen LogP contribution in [0.5, 0.6) is 0 Å². The van der Waals surface area contributed by atoms with Crippen molar-refractivity contribution in [2.45, 2.75) is 25.5 Å². The van der Waals surface area contributed by atoms with Crippen molar-refractivity contribution < 1.29 is 13.2 Å². The van der Waals surface area contributed by atoms with Gasteiger partial charge in [-0.15, -0.1) is 11.6 Å². The maximum atomic E-state index is 12.6. The van der Waals surface area contributed by atoms with E-state index in [-0.39, 0.29) is 11.7 Å². The van der Waals surface area contributed by atoms with Gasteiger partial charge in [-0.1, -0.05) is 38.1 Å². The minimum absolute atomic E-state index is 0.00579. The second-order valence-electron chi connectivity index (χ2n) is 5.45. The second-order valence-corrected chi connectivity index (χ2v) is 7.69. The Labute approximate surface area is 133 Å². The number of hydrogen-bond donors (Lipinski definition) is 0. The largest absolute Gasteiger partial charge is 0.383 e. The van der Waals surface area contributed by atoms with E-state index in [2.05, 4.69) is 0 Å². The molecular formula is C15H24ClNO3S. The molecule has 1 aromatic rings. The van der Waals surface area contributed by atoms with E-state index in [0.29, 0.717) is 25.6 Å². The number of rotatable bonds is 9. The molecule has 0 heterocycles. The fourth-order valence-electron chi connectivity index (χ4n) is 2.05. The van der Waals surface area contributed by atoms with Crippen LogP contribution in [0.1, 0.15) is 25.0 Å². The monoisotopic (exact) mass is 333 g/mol. The number of hydrogen-bond acceptors (Lipinski definition) is 3. The van der Waals surface area contributed by atoms with Gasteiger partial charge in [0.05, 0.1) is 12.4 Å². The second kappa shape index (κ2) is 8.73. The van der Waals surface area contributed by atoms with Crippen LogP contribution in [0.3, 0.4) is 0 Å². The predicted molar refractivity (Wildman–Crippen MR) is 86.9 cm³/mol. The molecule has 0 spiro atoms. The van der Waals surface area contributed by atoms with E-state index in [4.69, 9.17) is 16.3 Å². The van der Waals surface area contributed by atoms with Crippen molar-refractivity contribution in [2.75, 3.05) is 26.8 Å². The van der Waals surface area contributed by atoms with Gasteiger partial charge in [0.25, 0.3) is 0 Å². The van der Waals surface area contributed by atoms with E-state index in [0.717, 1.165) is 11.1 Å². The first-order valence-electron chi connectivity index (χ1n) is 6.99. The van der Waals surface area contributed by atoms with E-state index < -0.39 is 10.0 Å². The zero-order chi connectivity index (χ0) is 15.9. The lowest BCUT2D eigenvalue weighted by molar-refractivity contribution is 0.175. The highest BCUT2D eigenvalue weighted by Gasteiger charge is 2.23. The Hall–Kier alpha value is -0.620. The molecule has 0 atom stereocenters. The summed E-state index contributed by atoms with van der Waals surface area (Å²) in [4.78, 5) is 0. The lowest BCUT2D eigenvalue weighted by Gasteiger charge is -2.23. The molecule has 120 valence electrons. The lowest BCUT2D eigenvalue weighted by Crippen LogP contribution is -2.37. The first-order chi connectivity index (χ1) is 9.89. The van der Waals surface area contributed by atoms with Crippen molar-refractivity contribution in [3.05, 3.63) is 35.4 Å². The van der Waals surface area contributed by atoms with Gasteiger partial charge < -0.3 is 4.74 Å². The van der Waals surface area contributed by atoms with Crippen molar-refractivity contribution in [1.82, 2.24) is 4.31 Å². The van der Waals surface area contributed by atoms with Gasteiger partial charge in [0.1, 0.15) is 0 Å². The molecule has 0 unspecified atom stereocenters. The van der Waals surface area contributed by atoms with Gasteiger partial charge in [0.15, 0.2) is 0 Å². The van der Waals surface area contributed by atoms with Crippen LogP contribution in [-0.4, -0.2) is 39.5 Å². The molecule has 0 radical (unpaired) electrons. The Bertz CT molecular complexity index is 531. The number of sulfonamides is 1. The van der Waals surface area contributed by atoms with E-state index in [1.54, 1.807) is 7.11 Å². The normalized spacial score (nSPS) is 12.3. The summed E-state index contributed by atoms with van der Waals surface area (Å²) < 4.78 is 31.7. The van der Waals surface area contributed by atoms with E-state index in [1.165, 1.54) is 4.31 Å². The summed E-state index contributed by atoms with van der Waals surface area (Å²) in [6.07, 6.45) is 0. The molecule has 0 saturated carbocycles. The Morgan fingerprint density at radius 2 is 1.95 bits per heavy atom. The highest BCUT2D eigenvalue weighted by Crippen LogP contribution is 2.15. The Morgan fingerprint density at radius 3 is 2.52 bits per heavy atom. The third kappa shape index (κ3) is 6.34. The molecule has 0 aliphatic carbocycles. The zero-order valence-corrected chi connectivity index (χ0v) is 14.5. The third-order valence-electron chi connectivity index (χ3n) is 3.00. The van der Waals surface area contributed by atoms with E-state index in [1.807, 2.05) is 38.1 Å². The Morgan fingerprint density at radius 1 is 1.29 bits per heavy atom. The molecule has 6 heteroatoms. The fourth-order valence-corrected chi connectivity index (χ4v) is 3.88. The lowest BCUT2D eigenvalue weighted by atomic mass is 10.2. The summed E-state index contributed by atoms with van der Waals surface area (Å²) in [5.74, 6) is 0.646. The van der Waals surface area contributed by atoms with Gasteiger partial charge in [-0.25, -0.2) is 8.42 Å². The number of benzene rings is 1. The summed E-state index contributed by atoms with van der Waals surface area (Å²) in [6.45, 7) is 5.29. The summed E-state index contributed by atoms with van der Waals surface area (Å²) in [6, 6.07) is 7.39. The molecular weight excluding hydrogens is 310 g/mol. The topological polar surface area (TPSA) is 46.6 Å². The van der Waals surface area contributed by atoms with Gasteiger partial charge in [-0.2, -0.15) is 4.31 Å². The van der Waals surface area contributed by atoms with Gasteiger partial charge in [0.2, 0.25) is 10.0 Å². The predicted octanol–water partition coefficient (Wildman–Crippen LogP) is 2.86. The van der Waals surface area contributed by atoms with Crippen LogP contribution in [0.4, 0.5) is 0 Å². The minimum Gasteiger partial charge on any atom is -0.383 e. The molecule has 0 aromatic heterocycles. The van der Waals surface area contributed by atoms with Crippen molar-refractivity contribution in [2.24, 2.45) is 5.92 Å². The number of ether oxygens (including phenoxy) is 1. The standard InChI is InChI=1S/C15H24ClNO3S/c1-13(2)11-17(7-8-20-3)21(18,19)12-15-6-4-5-14(9-15)10-16/h4-6,9,13H,7-8,10-12H2,1-3H3. The molecule has 0 saturated heterocycles. The van der Waals surface area contributed by atoms with Crippen LogP contribution in [0, 0.1) is 5.92 Å². The maximum Gasteiger partial charge on any atom is 0.218 e. The number of nitrogens with zero attached hydrogens (tertiary/aromatic N) is 1. The average molecular weight is 334 g/mol. The maximum absolute atomic E-state index is 12.6. The van der Waals surface area contributed by atoms with Crippen molar-refractivity contribution in [3.63, 3.8) is 0 Å². The van der Waals surface area contributed by atoms with Gasteiger partial charge >= 0.3 is 0 Å². The van der Waals surface area contributed by atoms with Crippen LogP contribution < -0.4 is 0 Å². The van der Waals surface area contributed by atoms with E-state index in [9.17, 15) is 8.42 Å². The quantitative estimate of drug-likeness (QED) is 0.653. The van der Waals surface area contributed by atoms with E-state index >= 15 is 0 Å². The van der Waals surface area contributed by atoms with Crippen molar-refractivity contribution >= 4 is 21.6 Å². The first-order valence-corrected chi connectivity index (χ1v) is 9.14. The van der Waals surface area contributed by atoms with Gasteiger partial charge in [-0.3, -0.25) is 0 Å². The fraction of sp³-hybridized carbons (Fsp3) is 0.600. The minimum atomic E-state index is -3.36. The number of halogens is 1. The van der Waals surface area contributed by atoms with Gasteiger partial charge in [0, 0.05) is 26.1 Å². The van der Waals surface area contributed by atoms with Crippen LogP contribution >= 0.6 is 11.6 Å². The molecule has 0 aliphatic rings. The Kier molecular flexibility index (Phi) is 7.66. The highest BCUT2D eigenvalue weighted by atomic mass is 35.5. The van der Waals surface area contributed by atoms with Crippen LogP contribution in [0.15, 0.2) is 24.3 Å². The van der Waals surface area contributed by atoms with Crippen molar-refractivity contribution in [1.29, 1.82) is 0 Å². The summed E-state index contributed by atoms with van der Waals surface area (Å²) >= 11 is 5.79. The summed E-state index contributed by atoms with van der Waals surface area (Å²) in [5, 5.41) is 0. The molecule has 0 amide bonds. The molecule has 1 rings (SSSR count). The molecule has 0 N–H and O–H groups in total. The first kappa shape index (κ1) is 18.4. The molecule has 0 fully saturated rings. The number of methoxy groups -OCH3 is 1. The molecule has 21 heavy (non-hydrogen) atoms.